The van der Waals surface area contributed by atoms with E-state index < -0.39 is 5.97 Å². The van der Waals surface area contributed by atoms with Crippen molar-refractivity contribution in [3.8, 4) is 0 Å². The van der Waals surface area contributed by atoms with Crippen LogP contribution in [0.2, 0.25) is 0 Å². The van der Waals surface area contributed by atoms with E-state index in [1.807, 2.05) is 6.92 Å². The third-order valence-corrected chi connectivity index (χ3v) is 2.55. The van der Waals surface area contributed by atoms with Gasteiger partial charge in [0.05, 0.1) is 12.7 Å². The molecule has 0 radical (unpaired) electrons. The lowest BCUT2D eigenvalue weighted by Crippen LogP contribution is -2.14. The number of hydrogen-bond donors (Lipinski definition) is 1. The molecule has 0 aromatic heterocycles. The van der Waals surface area contributed by atoms with Crippen molar-refractivity contribution in [2.45, 2.75) is 13.3 Å². The second kappa shape index (κ2) is 6.25. The number of nitrogens with one attached hydrogen (secondary N) is 1. The van der Waals surface area contributed by atoms with Crippen LogP contribution in [0.25, 0.3) is 0 Å². The number of halogens is 1. The van der Waals surface area contributed by atoms with E-state index in [4.69, 9.17) is 11.6 Å². The van der Waals surface area contributed by atoms with Gasteiger partial charge in [-0.2, -0.15) is 0 Å². The Balaban J connectivity index is 3.06. The maximum Gasteiger partial charge on any atom is 0.337 e. The van der Waals surface area contributed by atoms with Crippen molar-refractivity contribution >= 4 is 29.2 Å². The highest BCUT2D eigenvalue weighted by Crippen LogP contribution is 2.19. The molecule has 0 bridgehead atoms. The van der Waals surface area contributed by atoms with Gasteiger partial charge in [-0.25, -0.2) is 4.79 Å². The summed E-state index contributed by atoms with van der Waals surface area (Å²) in [6.07, 6.45) is 0.749. The molecule has 0 saturated carbocycles. The van der Waals surface area contributed by atoms with Crippen LogP contribution in [0.5, 0.6) is 0 Å². The summed E-state index contributed by atoms with van der Waals surface area (Å²) >= 11 is 5.42. The van der Waals surface area contributed by atoms with Crippen molar-refractivity contribution < 1.29 is 14.3 Å². The van der Waals surface area contributed by atoms with Gasteiger partial charge in [-0.15, -0.1) is 11.6 Å². The molecule has 4 nitrogen and oxygen atoms in total. The summed E-state index contributed by atoms with van der Waals surface area (Å²) in [7, 11) is 1.31. The average molecular weight is 256 g/mol. The van der Waals surface area contributed by atoms with E-state index in [9.17, 15) is 9.59 Å². The summed E-state index contributed by atoms with van der Waals surface area (Å²) in [5.41, 5.74) is 1.94. The molecular formula is C12H14ClNO3. The molecule has 1 aromatic carbocycles. The van der Waals surface area contributed by atoms with Crippen molar-refractivity contribution in [1.82, 2.24) is 0 Å². The van der Waals surface area contributed by atoms with Crippen LogP contribution in [0.4, 0.5) is 5.69 Å². The molecule has 0 aliphatic rings. The van der Waals surface area contributed by atoms with E-state index in [0.29, 0.717) is 11.3 Å². The maximum absolute atomic E-state index is 11.4. The molecule has 1 aromatic rings. The number of rotatable bonds is 4. The van der Waals surface area contributed by atoms with Gasteiger partial charge >= 0.3 is 5.97 Å². The molecule has 0 spiro atoms. The van der Waals surface area contributed by atoms with E-state index in [1.165, 1.54) is 7.11 Å². The molecule has 1 amide bonds. The molecular weight excluding hydrogens is 242 g/mol. The third-order valence-electron chi connectivity index (χ3n) is 2.31. The van der Waals surface area contributed by atoms with Gasteiger partial charge in [0.25, 0.3) is 0 Å². The highest BCUT2D eigenvalue weighted by atomic mass is 35.5. The predicted molar refractivity (Wildman–Crippen MR) is 66.5 cm³/mol. The highest BCUT2D eigenvalue weighted by Gasteiger charge is 2.10. The second-order valence-electron chi connectivity index (χ2n) is 3.40. The number of anilines is 1. The molecule has 17 heavy (non-hydrogen) atoms. The predicted octanol–water partition coefficient (Wildman–Crippen LogP) is 2.21. The van der Waals surface area contributed by atoms with Crippen LogP contribution in [0.15, 0.2) is 18.2 Å². The zero-order chi connectivity index (χ0) is 12.8. The van der Waals surface area contributed by atoms with Gasteiger partial charge in [0.2, 0.25) is 5.91 Å². The third kappa shape index (κ3) is 3.46. The molecule has 0 unspecified atom stereocenters. The lowest BCUT2D eigenvalue weighted by Gasteiger charge is -2.10. The van der Waals surface area contributed by atoms with E-state index in [2.05, 4.69) is 10.1 Å². The Kier molecular flexibility index (Phi) is 4.97. The topological polar surface area (TPSA) is 55.4 Å². The number of methoxy groups -OCH3 is 1. The lowest BCUT2D eigenvalue weighted by atomic mass is 10.1. The van der Waals surface area contributed by atoms with Crippen molar-refractivity contribution in [2.24, 2.45) is 0 Å². The van der Waals surface area contributed by atoms with Crippen molar-refractivity contribution in [2.75, 3.05) is 18.3 Å². The van der Waals surface area contributed by atoms with Crippen LogP contribution in [0.1, 0.15) is 22.8 Å². The fourth-order valence-corrected chi connectivity index (χ4v) is 1.50. The molecule has 1 rings (SSSR count). The zero-order valence-corrected chi connectivity index (χ0v) is 10.5. The van der Waals surface area contributed by atoms with Gasteiger partial charge in [0.1, 0.15) is 5.88 Å². The average Bonchev–Trinajstić information content (AvgIpc) is 2.37. The van der Waals surface area contributed by atoms with Gasteiger partial charge in [0.15, 0.2) is 0 Å². The Morgan fingerprint density at radius 1 is 1.41 bits per heavy atom. The van der Waals surface area contributed by atoms with E-state index >= 15 is 0 Å². The van der Waals surface area contributed by atoms with Crippen LogP contribution in [-0.2, 0) is 16.0 Å². The molecule has 1 N–H and O–H groups in total. The first-order chi connectivity index (χ1) is 8.12. The lowest BCUT2D eigenvalue weighted by molar-refractivity contribution is -0.113. The Bertz CT molecular complexity index is 432. The SMILES string of the molecule is CCc1ccc(C(=O)OC)cc1NC(=O)CCl. The van der Waals surface area contributed by atoms with E-state index in [-0.39, 0.29) is 11.8 Å². The smallest absolute Gasteiger partial charge is 0.337 e. The Morgan fingerprint density at radius 3 is 2.65 bits per heavy atom. The minimum Gasteiger partial charge on any atom is -0.465 e. The number of hydrogen-bond acceptors (Lipinski definition) is 3. The minimum atomic E-state index is -0.436. The Hall–Kier alpha value is -1.55. The standard InChI is InChI=1S/C12H14ClNO3/c1-3-8-4-5-9(12(16)17-2)6-10(8)14-11(15)7-13/h4-6H,3,7H2,1-2H3,(H,14,15). The van der Waals surface area contributed by atoms with E-state index in [0.717, 1.165) is 12.0 Å². The number of benzene rings is 1. The summed E-state index contributed by atoms with van der Waals surface area (Å²) in [4.78, 5) is 22.6. The van der Waals surface area contributed by atoms with Crippen LogP contribution in [0.3, 0.4) is 0 Å². The van der Waals surface area contributed by atoms with Gasteiger partial charge < -0.3 is 10.1 Å². The molecule has 92 valence electrons. The second-order valence-corrected chi connectivity index (χ2v) is 3.67. The monoisotopic (exact) mass is 255 g/mol. The Morgan fingerprint density at radius 2 is 2.12 bits per heavy atom. The van der Waals surface area contributed by atoms with E-state index in [1.54, 1.807) is 18.2 Å². The normalized spacial score (nSPS) is 9.82. The largest absolute Gasteiger partial charge is 0.465 e. The molecule has 0 atom stereocenters. The first kappa shape index (κ1) is 13.5. The summed E-state index contributed by atoms with van der Waals surface area (Å²) in [6, 6.07) is 5.05. The number of ether oxygens (including phenoxy) is 1. The summed E-state index contributed by atoms with van der Waals surface area (Å²) in [5, 5.41) is 2.65. The number of carbonyl (C=O) groups excluding carboxylic acids is 2. The van der Waals surface area contributed by atoms with Crippen LogP contribution in [0, 0.1) is 0 Å². The van der Waals surface area contributed by atoms with Crippen molar-refractivity contribution in [3.05, 3.63) is 29.3 Å². The van der Waals surface area contributed by atoms with Gasteiger partial charge in [0, 0.05) is 5.69 Å². The summed E-state index contributed by atoms with van der Waals surface area (Å²) < 4.78 is 4.62. The number of alkyl halides is 1. The Labute approximate surface area is 105 Å². The van der Waals surface area contributed by atoms with Crippen molar-refractivity contribution in [1.29, 1.82) is 0 Å². The minimum absolute atomic E-state index is 0.119. The quantitative estimate of drug-likeness (QED) is 0.663. The molecule has 5 heteroatoms. The number of amides is 1. The first-order valence-electron chi connectivity index (χ1n) is 5.19. The molecule has 0 aliphatic carbocycles. The van der Waals surface area contributed by atoms with Crippen LogP contribution >= 0.6 is 11.6 Å². The van der Waals surface area contributed by atoms with Gasteiger partial charge in [-0.3, -0.25) is 4.79 Å². The maximum atomic E-state index is 11.4. The summed E-state index contributed by atoms with van der Waals surface area (Å²) in [5.74, 6) is -0.858. The fourth-order valence-electron chi connectivity index (χ4n) is 1.43. The number of esters is 1. The first-order valence-corrected chi connectivity index (χ1v) is 5.72. The highest BCUT2D eigenvalue weighted by molar-refractivity contribution is 6.29. The molecule has 0 fully saturated rings. The number of carbonyl (C=O) groups is 2. The van der Waals surface area contributed by atoms with Gasteiger partial charge in [-0.05, 0) is 24.1 Å². The fraction of sp³-hybridized carbons (Fsp3) is 0.333. The van der Waals surface area contributed by atoms with Gasteiger partial charge in [-0.1, -0.05) is 13.0 Å². The van der Waals surface area contributed by atoms with Crippen LogP contribution < -0.4 is 5.32 Å². The number of aryl methyl sites for hydroxylation is 1. The molecule has 0 heterocycles. The summed E-state index contributed by atoms with van der Waals surface area (Å²) in [6.45, 7) is 1.96. The van der Waals surface area contributed by atoms with Crippen LogP contribution in [-0.4, -0.2) is 24.9 Å². The van der Waals surface area contributed by atoms with Crippen molar-refractivity contribution in [3.63, 3.8) is 0 Å². The zero-order valence-electron chi connectivity index (χ0n) is 9.75. The molecule has 0 saturated heterocycles. The molecule has 0 aliphatic heterocycles.